The van der Waals surface area contributed by atoms with E-state index in [1.165, 1.54) is 24.8 Å². The number of hydrogen-bond acceptors (Lipinski definition) is 6. The van der Waals surface area contributed by atoms with Gasteiger partial charge in [-0.15, -0.1) is 5.10 Å². The highest BCUT2D eigenvalue weighted by molar-refractivity contribution is 5.71. The number of methoxy groups -OCH3 is 1. The van der Waals surface area contributed by atoms with Gasteiger partial charge in [-0.1, -0.05) is 30.3 Å². The van der Waals surface area contributed by atoms with Crippen LogP contribution < -0.4 is 9.64 Å². The second kappa shape index (κ2) is 7.59. The molecule has 146 valence electrons. The maximum absolute atomic E-state index is 11.1. The van der Waals surface area contributed by atoms with E-state index >= 15 is 0 Å². The summed E-state index contributed by atoms with van der Waals surface area (Å²) in [7, 11) is 3.46. The predicted octanol–water partition coefficient (Wildman–Crippen LogP) is 3.95. The van der Waals surface area contributed by atoms with Crippen molar-refractivity contribution < 1.29 is 9.66 Å². The number of nitro benzene ring substituents is 1. The lowest BCUT2D eigenvalue weighted by molar-refractivity contribution is -0.384. The normalized spacial score (nSPS) is 10.8. The Balaban J connectivity index is 1.73. The van der Waals surface area contributed by atoms with Crippen LogP contribution in [0.3, 0.4) is 0 Å². The van der Waals surface area contributed by atoms with Gasteiger partial charge in [0, 0.05) is 25.2 Å². The highest BCUT2D eigenvalue weighted by Gasteiger charge is 2.17. The van der Waals surface area contributed by atoms with Crippen LogP contribution in [0.15, 0.2) is 66.9 Å². The van der Waals surface area contributed by atoms with Crippen LogP contribution in [0.25, 0.3) is 16.9 Å². The molecule has 0 atom stereocenters. The average molecular weight is 389 g/mol. The van der Waals surface area contributed by atoms with Crippen molar-refractivity contribution in [2.75, 3.05) is 19.1 Å². The van der Waals surface area contributed by atoms with Gasteiger partial charge in [0.15, 0.2) is 5.65 Å². The lowest BCUT2D eigenvalue weighted by atomic mass is 10.1. The van der Waals surface area contributed by atoms with Crippen molar-refractivity contribution in [2.24, 2.45) is 0 Å². The Morgan fingerprint density at radius 3 is 2.66 bits per heavy atom. The van der Waals surface area contributed by atoms with Crippen molar-refractivity contribution in [3.05, 3.63) is 82.5 Å². The molecule has 8 nitrogen and oxygen atoms in total. The zero-order valence-corrected chi connectivity index (χ0v) is 16.0. The summed E-state index contributed by atoms with van der Waals surface area (Å²) in [5, 5.41) is 15.8. The molecule has 4 rings (SSSR count). The molecular formula is C21H19N5O3. The molecule has 0 radical (unpaired) electrons. The van der Waals surface area contributed by atoms with E-state index in [4.69, 9.17) is 9.84 Å². The molecule has 0 N–H and O–H groups in total. The molecule has 0 fully saturated rings. The van der Waals surface area contributed by atoms with E-state index in [2.05, 4.69) is 17.1 Å². The Labute approximate surface area is 167 Å². The predicted molar refractivity (Wildman–Crippen MR) is 110 cm³/mol. The van der Waals surface area contributed by atoms with Crippen LogP contribution in [-0.4, -0.2) is 33.7 Å². The molecule has 0 saturated carbocycles. The number of benzene rings is 2. The summed E-state index contributed by atoms with van der Waals surface area (Å²) in [6, 6.07) is 18.5. The Morgan fingerprint density at radius 2 is 1.93 bits per heavy atom. The van der Waals surface area contributed by atoms with E-state index in [1.807, 2.05) is 42.3 Å². The molecule has 0 spiro atoms. The Hall–Kier alpha value is -3.94. The molecule has 0 aliphatic rings. The van der Waals surface area contributed by atoms with Gasteiger partial charge >= 0.3 is 0 Å². The summed E-state index contributed by atoms with van der Waals surface area (Å²) < 4.78 is 7.10. The molecule has 0 bridgehead atoms. The van der Waals surface area contributed by atoms with E-state index < -0.39 is 4.92 Å². The van der Waals surface area contributed by atoms with E-state index in [0.717, 1.165) is 5.82 Å². The number of fused-ring (bicyclic) bond motifs is 1. The van der Waals surface area contributed by atoms with Gasteiger partial charge in [-0.25, -0.2) is 9.50 Å². The van der Waals surface area contributed by atoms with Crippen molar-refractivity contribution in [3.63, 3.8) is 0 Å². The van der Waals surface area contributed by atoms with Crippen LogP contribution in [0.4, 0.5) is 11.5 Å². The van der Waals surface area contributed by atoms with Crippen molar-refractivity contribution >= 4 is 17.2 Å². The standard InChI is InChI=1S/C21H19N5O3/c1-24(14-15-6-4-3-5-7-15)21-11-10-20-22-13-18(25(20)23-21)17-9-8-16(26(27)28)12-19(17)29-2/h3-13H,14H2,1-2H3. The number of nitrogens with zero attached hydrogens (tertiary/aromatic N) is 5. The monoisotopic (exact) mass is 389 g/mol. The van der Waals surface area contributed by atoms with Crippen LogP contribution in [0, 0.1) is 10.1 Å². The average Bonchev–Trinajstić information content (AvgIpc) is 3.17. The Kier molecular flexibility index (Phi) is 4.82. The van der Waals surface area contributed by atoms with Crippen molar-refractivity contribution in [2.45, 2.75) is 6.54 Å². The molecule has 4 aromatic rings. The highest BCUT2D eigenvalue weighted by Crippen LogP contribution is 2.33. The first-order valence-electron chi connectivity index (χ1n) is 8.99. The SMILES string of the molecule is COc1cc([N+](=O)[O-])ccc1-c1cnc2ccc(N(C)Cc3ccccc3)nn12. The van der Waals surface area contributed by atoms with Gasteiger partial charge in [-0.05, 0) is 23.8 Å². The summed E-state index contributed by atoms with van der Waals surface area (Å²) in [6.07, 6.45) is 1.69. The smallest absolute Gasteiger partial charge is 0.273 e. The fraction of sp³-hybridized carbons (Fsp3) is 0.143. The number of non-ortho nitro benzene ring substituents is 1. The minimum atomic E-state index is -0.449. The molecular weight excluding hydrogens is 370 g/mol. The molecule has 8 heteroatoms. The quantitative estimate of drug-likeness (QED) is 0.367. The minimum absolute atomic E-state index is 0.0318. The topological polar surface area (TPSA) is 85.8 Å². The molecule has 2 heterocycles. The number of aromatic nitrogens is 3. The summed E-state index contributed by atoms with van der Waals surface area (Å²) in [5.41, 5.74) is 3.20. The van der Waals surface area contributed by atoms with Gasteiger partial charge in [0.25, 0.3) is 5.69 Å². The third-order valence-electron chi connectivity index (χ3n) is 4.67. The van der Waals surface area contributed by atoms with Gasteiger partial charge in [0.1, 0.15) is 11.6 Å². The molecule has 0 unspecified atom stereocenters. The number of ether oxygens (including phenoxy) is 1. The maximum Gasteiger partial charge on any atom is 0.273 e. The van der Waals surface area contributed by atoms with Gasteiger partial charge in [-0.3, -0.25) is 10.1 Å². The zero-order chi connectivity index (χ0) is 20.4. The second-order valence-electron chi connectivity index (χ2n) is 6.59. The van der Waals surface area contributed by atoms with Crippen LogP contribution in [-0.2, 0) is 6.54 Å². The molecule has 0 aliphatic heterocycles. The zero-order valence-electron chi connectivity index (χ0n) is 16.0. The molecule has 0 amide bonds. The van der Waals surface area contributed by atoms with Gasteiger partial charge in [0.2, 0.25) is 0 Å². The van der Waals surface area contributed by atoms with E-state index in [9.17, 15) is 10.1 Å². The number of rotatable bonds is 6. The van der Waals surface area contributed by atoms with Crippen LogP contribution in [0.1, 0.15) is 5.56 Å². The summed E-state index contributed by atoms with van der Waals surface area (Å²) in [5.74, 6) is 1.17. The second-order valence-corrected chi connectivity index (χ2v) is 6.59. The summed E-state index contributed by atoms with van der Waals surface area (Å²) in [4.78, 5) is 17.1. The number of hydrogen-bond donors (Lipinski definition) is 0. The van der Waals surface area contributed by atoms with Crippen molar-refractivity contribution in [3.8, 4) is 17.0 Å². The largest absolute Gasteiger partial charge is 0.496 e. The van der Waals surface area contributed by atoms with Gasteiger partial charge in [-0.2, -0.15) is 0 Å². The Bertz CT molecular complexity index is 1170. The van der Waals surface area contributed by atoms with Crippen molar-refractivity contribution in [1.29, 1.82) is 0 Å². The first-order valence-corrected chi connectivity index (χ1v) is 8.99. The van der Waals surface area contributed by atoms with Gasteiger partial charge in [0.05, 0.1) is 30.0 Å². The fourth-order valence-corrected chi connectivity index (χ4v) is 3.19. The lowest BCUT2D eigenvalue weighted by Gasteiger charge is -2.18. The van der Waals surface area contributed by atoms with Gasteiger partial charge < -0.3 is 9.64 Å². The van der Waals surface area contributed by atoms with E-state index in [1.54, 1.807) is 16.8 Å². The first kappa shape index (κ1) is 18.4. The highest BCUT2D eigenvalue weighted by atomic mass is 16.6. The number of nitro groups is 1. The van der Waals surface area contributed by atoms with E-state index in [-0.39, 0.29) is 5.69 Å². The summed E-state index contributed by atoms with van der Waals surface area (Å²) in [6.45, 7) is 0.713. The Morgan fingerprint density at radius 1 is 1.14 bits per heavy atom. The third kappa shape index (κ3) is 3.60. The molecule has 0 saturated heterocycles. The molecule has 2 aromatic heterocycles. The van der Waals surface area contributed by atoms with Crippen LogP contribution in [0.2, 0.25) is 0 Å². The van der Waals surface area contributed by atoms with Crippen molar-refractivity contribution in [1.82, 2.24) is 14.6 Å². The van der Waals surface area contributed by atoms with Crippen LogP contribution >= 0.6 is 0 Å². The maximum atomic E-state index is 11.1. The summed E-state index contributed by atoms with van der Waals surface area (Å²) >= 11 is 0. The number of anilines is 1. The van der Waals surface area contributed by atoms with Crippen LogP contribution in [0.5, 0.6) is 5.75 Å². The fourth-order valence-electron chi connectivity index (χ4n) is 3.19. The third-order valence-corrected chi connectivity index (χ3v) is 4.67. The molecule has 0 aliphatic carbocycles. The molecule has 29 heavy (non-hydrogen) atoms. The lowest BCUT2D eigenvalue weighted by Crippen LogP contribution is -2.18. The number of imidazole rings is 1. The first-order chi connectivity index (χ1) is 14.1. The molecule has 2 aromatic carbocycles. The minimum Gasteiger partial charge on any atom is -0.496 e. The van der Waals surface area contributed by atoms with E-state index in [0.29, 0.717) is 29.2 Å².